The third-order valence-electron chi connectivity index (χ3n) is 5.51. The largest absolute Gasteiger partial charge is 0.370 e. The van der Waals surface area contributed by atoms with Gasteiger partial charge in [-0.15, -0.1) is 0 Å². The number of ether oxygens (including phenoxy) is 1. The van der Waals surface area contributed by atoms with E-state index in [1.54, 1.807) is 0 Å². The first-order valence-corrected chi connectivity index (χ1v) is 9.52. The van der Waals surface area contributed by atoms with Crippen molar-refractivity contribution < 1.29 is 4.74 Å². The number of nitrogens with zero attached hydrogens (tertiary/aromatic N) is 4. The van der Waals surface area contributed by atoms with Crippen LogP contribution in [0.25, 0.3) is 0 Å². The summed E-state index contributed by atoms with van der Waals surface area (Å²) in [4.78, 5) is 9.26. The normalized spacial score (nSPS) is 22.5. The van der Waals surface area contributed by atoms with Crippen molar-refractivity contribution in [3.05, 3.63) is 41.1 Å². The Morgan fingerprint density at radius 1 is 1.35 bits per heavy atom. The number of imidazole rings is 1. The van der Waals surface area contributed by atoms with Crippen LogP contribution in [0.5, 0.6) is 0 Å². The number of aryl methyl sites for hydroxylation is 3. The van der Waals surface area contributed by atoms with E-state index in [1.165, 1.54) is 18.4 Å². The lowest BCUT2D eigenvalue weighted by Crippen LogP contribution is -2.30. The second-order valence-electron chi connectivity index (χ2n) is 7.28. The van der Waals surface area contributed by atoms with Gasteiger partial charge in [0, 0.05) is 44.2 Å². The molecule has 6 nitrogen and oxygen atoms in total. The second kappa shape index (κ2) is 7.46. The molecule has 0 aromatic carbocycles. The molecule has 136 valence electrons. The number of aromatic nitrogens is 3. The maximum atomic E-state index is 9.53. The van der Waals surface area contributed by atoms with Crippen LogP contribution in [0.1, 0.15) is 54.4 Å². The van der Waals surface area contributed by atoms with E-state index in [1.807, 2.05) is 30.1 Å². The van der Waals surface area contributed by atoms with Crippen molar-refractivity contribution in [2.75, 3.05) is 18.5 Å². The fourth-order valence-corrected chi connectivity index (χ4v) is 4.07. The van der Waals surface area contributed by atoms with Crippen molar-refractivity contribution >= 4 is 5.82 Å². The lowest BCUT2D eigenvalue weighted by molar-refractivity contribution is -0.0305. The van der Waals surface area contributed by atoms with Gasteiger partial charge in [-0.05, 0) is 50.2 Å². The standard InChI is InChI=1S/C20H25N5O/c1-25-9-8-22-20(25)18-15(6-4-10-26-18)13-23-19-16(12-21)11-14-5-2-3-7-17(14)24-19/h8-9,11,15,18H,2-7,10,13H2,1H3,(H,23,24)/t15-,18+/m0/s1. The summed E-state index contributed by atoms with van der Waals surface area (Å²) in [6.45, 7) is 1.51. The molecule has 4 rings (SSSR count). The minimum atomic E-state index is -0.0144. The summed E-state index contributed by atoms with van der Waals surface area (Å²) >= 11 is 0. The molecule has 0 unspecified atom stereocenters. The number of nitriles is 1. The van der Waals surface area contributed by atoms with Crippen LogP contribution in [0.3, 0.4) is 0 Å². The van der Waals surface area contributed by atoms with Crippen molar-refractivity contribution in [3.8, 4) is 6.07 Å². The Bertz CT molecular complexity index is 822. The number of hydrogen-bond donors (Lipinski definition) is 1. The van der Waals surface area contributed by atoms with E-state index in [0.29, 0.717) is 11.5 Å². The number of rotatable bonds is 4. The van der Waals surface area contributed by atoms with Crippen LogP contribution < -0.4 is 5.32 Å². The lowest BCUT2D eigenvalue weighted by Gasteiger charge is -2.31. The van der Waals surface area contributed by atoms with Crippen molar-refractivity contribution in [2.45, 2.75) is 44.6 Å². The molecule has 3 heterocycles. The SMILES string of the molecule is Cn1ccnc1[C@@H]1OCCC[C@H]1CNc1nc2c(cc1C#N)CCCC2. The van der Waals surface area contributed by atoms with Gasteiger partial charge in [-0.25, -0.2) is 9.97 Å². The highest BCUT2D eigenvalue weighted by Crippen LogP contribution is 2.33. The van der Waals surface area contributed by atoms with Gasteiger partial charge in [0.05, 0.1) is 5.56 Å². The van der Waals surface area contributed by atoms with Gasteiger partial charge in [0.1, 0.15) is 23.8 Å². The molecule has 0 bridgehead atoms. The topological polar surface area (TPSA) is 75.8 Å². The van der Waals surface area contributed by atoms with Gasteiger partial charge in [0.2, 0.25) is 0 Å². The zero-order valence-electron chi connectivity index (χ0n) is 15.2. The Morgan fingerprint density at radius 3 is 3.04 bits per heavy atom. The van der Waals surface area contributed by atoms with E-state index in [0.717, 1.165) is 56.2 Å². The van der Waals surface area contributed by atoms with Gasteiger partial charge in [-0.1, -0.05) is 0 Å². The van der Waals surface area contributed by atoms with Crippen LogP contribution in [-0.4, -0.2) is 27.7 Å². The molecule has 1 fully saturated rings. The number of nitrogens with one attached hydrogen (secondary N) is 1. The molecular weight excluding hydrogens is 326 g/mol. The summed E-state index contributed by atoms with van der Waals surface area (Å²) in [5.41, 5.74) is 3.04. The third-order valence-corrected chi connectivity index (χ3v) is 5.51. The zero-order valence-corrected chi connectivity index (χ0v) is 15.2. The van der Waals surface area contributed by atoms with Gasteiger partial charge in [-0.3, -0.25) is 0 Å². The third kappa shape index (κ3) is 3.32. The lowest BCUT2D eigenvalue weighted by atomic mass is 9.93. The molecule has 1 saturated heterocycles. The van der Waals surface area contributed by atoms with Crippen molar-refractivity contribution in [1.29, 1.82) is 5.26 Å². The van der Waals surface area contributed by atoms with Gasteiger partial charge >= 0.3 is 0 Å². The summed E-state index contributed by atoms with van der Waals surface area (Å²) in [5, 5.41) is 13.0. The summed E-state index contributed by atoms with van der Waals surface area (Å²) in [6, 6.07) is 4.33. The molecule has 0 amide bonds. The fourth-order valence-electron chi connectivity index (χ4n) is 4.07. The van der Waals surface area contributed by atoms with E-state index >= 15 is 0 Å². The molecule has 1 aliphatic carbocycles. The maximum absolute atomic E-state index is 9.53. The predicted octanol–water partition coefficient (Wildman–Crippen LogP) is 3.15. The molecule has 6 heteroatoms. The predicted molar refractivity (Wildman–Crippen MR) is 98.7 cm³/mol. The first kappa shape index (κ1) is 17.0. The Labute approximate surface area is 154 Å². The maximum Gasteiger partial charge on any atom is 0.144 e. The van der Waals surface area contributed by atoms with Gasteiger partial charge < -0.3 is 14.6 Å². The van der Waals surface area contributed by atoms with E-state index in [9.17, 15) is 5.26 Å². The summed E-state index contributed by atoms with van der Waals surface area (Å²) in [7, 11) is 2.00. The van der Waals surface area contributed by atoms with Crippen molar-refractivity contribution in [2.24, 2.45) is 13.0 Å². The molecule has 1 aliphatic heterocycles. The van der Waals surface area contributed by atoms with Gasteiger partial charge in [0.25, 0.3) is 0 Å². The van der Waals surface area contributed by atoms with Gasteiger partial charge in [-0.2, -0.15) is 5.26 Å². The quantitative estimate of drug-likeness (QED) is 0.916. The highest BCUT2D eigenvalue weighted by Gasteiger charge is 2.30. The minimum Gasteiger partial charge on any atom is -0.370 e. The molecule has 26 heavy (non-hydrogen) atoms. The first-order chi connectivity index (χ1) is 12.8. The van der Waals surface area contributed by atoms with Crippen LogP contribution in [0, 0.1) is 17.2 Å². The van der Waals surface area contributed by atoms with Crippen LogP contribution in [0.15, 0.2) is 18.5 Å². The van der Waals surface area contributed by atoms with Crippen LogP contribution in [-0.2, 0) is 24.6 Å². The van der Waals surface area contributed by atoms with E-state index in [4.69, 9.17) is 9.72 Å². The summed E-state index contributed by atoms with van der Waals surface area (Å²) in [5.74, 6) is 2.00. The highest BCUT2D eigenvalue weighted by atomic mass is 16.5. The summed E-state index contributed by atoms with van der Waals surface area (Å²) in [6.07, 6.45) is 10.3. The smallest absolute Gasteiger partial charge is 0.144 e. The van der Waals surface area contributed by atoms with Crippen LogP contribution in [0.2, 0.25) is 0 Å². The number of anilines is 1. The number of fused-ring (bicyclic) bond motifs is 1. The molecule has 0 spiro atoms. The number of pyridine rings is 1. The Balaban J connectivity index is 1.52. The fraction of sp³-hybridized carbons (Fsp3) is 0.550. The average Bonchev–Trinajstić information content (AvgIpc) is 3.11. The molecule has 0 saturated carbocycles. The minimum absolute atomic E-state index is 0.0144. The molecule has 1 N–H and O–H groups in total. The monoisotopic (exact) mass is 351 g/mol. The van der Waals surface area contributed by atoms with Crippen LogP contribution >= 0.6 is 0 Å². The molecule has 2 aromatic heterocycles. The Hall–Kier alpha value is -2.39. The van der Waals surface area contributed by atoms with Crippen molar-refractivity contribution in [3.63, 3.8) is 0 Å². The Morgan fingerprint density at radius 2 is 2.23 bits per heavy atom. The van der Waals surface area contributed by atoms with E-state index < -0.39 is 0 Å². The summed E-state index contributed by atoms with van der Waals surface area (Å²) < 4.78 is 8.07. The molecule has 2 atom stereocenters. The molecule has 2 aromatic rings. The molecule has 0 radical (unpaired) electrons. The zero-order chi connectivity index (χ0) is 17.9. The second-order valence-corrected chi connectivity index (χ2v) is 7.28. The van der Waals surface area contributed by atoms with Crippen molar-refractivity contribution in [1.82, 2.24) is 14.5 Å². The Kier molecular flexibility index (Phi) is 4.89. The highest BCUT2D eigenvalue weighted by molar-refractivity contribution is 5.54. The average molecular weight is 351 g/mol. The number of hydrogen-bond acceptors (Lipinski definition) is 5. The molecular formula is C20H25N5O. The molecule has 2 aliphatic rings. The first-order valence-electron chi connectivity index (χ1n) is 9.52. The van der Waals surface area contributed by atoms with Gasteiger partial charge in [0.15, 0.2) is 0 Å². The van der Waals surface area contributed by atoms with Crippen LogP contribution in [0.4, 0.5) is 5.82 Å². The van der Waals surface area contributed by atoms with E-state index in [-0.39, 0.29) is 6.10 Å². The van der Waals surface area contributed by atoms with E-state index in [2.05, 4.69) is 16.4 Å².